The summed E-state index contributed by atoms with van der Waals surface area (Å²) in [4.78, 5) is 11.8. The van der Waals surface area contributed by atoms with E-state index in [-0.39, 0.29) is 23.6 Å². The van der Waals surface area contributed by atoms with Crippen LogP contribution in [0.2, 0.25) is 0 Å². The summed E-state index contributed by atoms with van der Waals surface area (Å²) >= 11 is 0. The first kappa shape index (κ1) is 25.8. The lowest BCUT2D eigenvalue weighted by atomic mass is 9.41. The fourth-order valence-electron chi connectivity index (χ4n) is 11.6. The molecule has 0 unspecified atom stereocenters. The number of hydrogen-bond acceptors (Lipinski definition) is 3. The smallest absolute Gasteiger partial charge is 0.302 e. The Labute approximate surface area is 214 Å². The molecule has 0 radical (unpaired) electrons. The van der Waals surface area contributed by atoms with E-state index in [2.05, 4.69) is 41.2 Å². The highest BCUT2D eigenvalue weighted by molar-refractivity contribution is 5.66. The molecule has 5 fully saturated rings. The van der Waals surface area contributed by atoms with Crippen LogP contribution < -0.4 is 0 Å². The molecule has 5 saturated carbocycles. The van der Waals surface area contributed by atoms with E-state index in [0.717, 1.165) is 36.7 Å². The van der Waals surface area contributed by atoms with E-state index in [4.69, 9.17) is 4.74 Å². The van der Waals surface area contributed by atoms with Crippen LogP contribution in [0, 0.1) is 50.7 Å². The van der Waals surface area contributed by atoms with E-state index in [1.807, 2.05) is 6.92 Å². The molecule has 5 aliphatic carbocycles. The maximum absolute atomic E-state index is 11.8. The van der Waals surface area contributed by atoms with Crippen LogP contribution in [0.5, 0.6) is 0 Å². The highest BCUT2D eigenvalue weighted by atomic mass is 16.5. The third-order valence-corrected chi connectivity index (χ3v) is 13.6. The summed E-state index contributed by atoms with van der Waals surface area (Å²) in [5.41, 5.74) is 2.87. The van der Waals surface area contributed by atoms with Crippen molar-refractivity contribution in [3.05, 3.63) is 12.2 Å². The number of fused-ring (bicyclic) bond motifs is 2. The molecule has 0 aliphatic heterocycles. The van der Waals surface area contributed by atoms with Crippen molar-refractivity contribution in [2.24, 2.45) is 50.7 Å². The first-order chi connectivity index (χ1) is 16.3. The van der Waals surface area contributed by atoms with E-state index in [9.17, 15) is 9.90 Å². The minimum absolute atomic E-state index is 0.0802. The van der Waals surface area contributed by atoms with Gasteiger partial charge in [-0.1, -0.05) is 46.8 Å². The van der Waals surface area contributed by atoms with E-state index in [1.165, 1.54) is 51.4 Å². The number of esters is 1. The largest absolute Gasteiger partial charge is 0.462 e. The summed E-state index contributed by atoms with van der Waals surface area (Å²) in [6.45, 7) is 20.1. The van der Waals surface area contributed by atoms with Crippen molar-refractivity contribution in [2.45, 2.75) is 131 Å². The minimum Gasteiger partial charge on any atom is -0.462 e. The fourth-order valence-corrected chi connectivity index (χ4v) is 11.6. The normalized spacial score (nSPS) is 49.0. The second kappa shape index (κ2) is 8.08. The van der Waals surface area contributed by atoms with Crippen LogP contribution in [-0.4, -0.2) is 23.3 Å². The number of hydrogen-bond donors (Lipinski definition) is 1. The van der Waals surface area contributed by atoms with Crippen LogP contribution >= 0.6 is 0 Å². The number of carbonyl (C=O) groups is 1. The van der Waals surface area contributed by atoms with Crippen molar-refractivity contribution >= 4 is 5.97 Å². The van der Waals surface area contributed by atoms with Gasteiger partial charge >= 0.3 is 5.97 Å². The van der Waals surface area contributed by atoms with Crippen LogP contribution in [0.25, 0.3) is 0 Å². The quantitative estimate of drug-likeness (QED) is 0.310. The lowest BCUT2D eigenvalue weighted by Gasteiger charge is -2.63. The third-order valence-electron chi connectivity index (χ3n) is 13.6. The number of carbonyl (C=O) groups excluding carboxylic acids is 1. The highest BCUT2D eigenvalue weighted by Gasteiger charge is 2.82. The van der Waals surface area contributed by atoms with Crippen molar-refractivity contribution in [3.63, 3.8) is 0 Å². The predicted molar refractivity (Wildman–Crippen MR) is 142 cm³/mol. The molecule has 198 valence electrons. The van der Waals surface area contributed by atoms with Crippen LogP contribution in [-0.2, 0) is 9.53 Å². The van der Waals surface area contributed by atoms with Gasteiger partial charge in [0.2, 0.25) is 0 Å². The molecule has 0 saturated heterocycles. The molecule has 3 nitrogen and oxygen atoms in total. The molecule has 35 heavy (non-hydrogen) atoms. The molecule has 0 aromatic rings. The third kappa shape index (κ3) is 3.34. The van der Waals surface area contributed by atoms with E-state index in [1.54, 1.807) is 6.92 Å². The molecule has 1 N–H and O–H groups in total. The average Bonchev–Trinajstić information content (AvgIpc) is 3.36. The molecule has 5 aliphatic rings. The maximum atomic E-state index is 11.8. The Morgan fingerprint density at radius 2 is 1.57 bits per heavy atom. The van der Waals surface area contributed by atoms with Crippen LogP contribution in [0.3, 0.4) is 0 Å². The van der Waals surface area contributed by atoms with Crippen molar-refractivity contribution in [1.29, 1.82) is 0 Å². The molecular weight excluding hydrogens is 432 g/mol. The van der Waals surface area contributed by atoms with Gasteiger partial charge in [0.05, 0.1) is 6.10 Å². The molecule has 0 bridgehead atoms. The average molecular weight is 485 g/mol. The van der Waals surface area contributed by atoms with Crippen molar-refractivity contribution in [2.75, 3.05) is 0 Å². The van der Waals surface area contributed by atoms with Gasteiger partial charge in [0.25, 0.3) is 0 Å². The van der Waals surface area contributed by atoms with Gasteiger partial charge in [-0.2, -0.15) is 0 Å². The summed E-state index contributed by atoms with van der Waals surface area (Å²) in [6.07, 6.45) is 13.7. The second-order valence-electron chi connectivity index (χ2n) is 15.0. The predicted octanol–water partition coefficient (Wildman–Crippen LogP) is 7.71. The Morgan fingerprint density at radius 3 is 2.23 bits per heavy atom. The van der Waals surface area contributed by atoms with Gasteiger partial charge in [-0.3, -0.25) is 4.79 Å². The first-order valence-electron chi connectivity index (χ1n) is 14.8. The minimum atomic E-state index is -0.347. The van der Waals surface area contributed by atoms with Gasteiger partial charge in [-0.05, 0) is 123 Å². The lowest BCUT2D eigenvalue weighted by molar-refractivity contribution is -0.181. The Kier molecular flexibility index (Phi) is 5.96. The van der Waals surface area contributed by atoms with Crippen molar-refractivity contribution in [1.82, 2.24) is 0 Å². The molecule has 0 aromatic carbocycles. The summed E-state index contributed by atoms with van der Waals surface area (Å²) in [5, 5.41) is 10.4. The Bertz CT molecular complexity index is 891. The van der Waals surface area contributed by atoms with Gasteiger partial charge in [-0.15, -0.1) is 0 Å². The molecule has 2 spiro atoms. The van der Waals surface area contributed by atoms with Gasteiger partial charge in [0.1, 0.15) is 6.10 Å². The standard InChI is InChI=1S/C32H52O3/c1-20(2)24(34)10-9-21(3)23-13-15-30(8)26-12-11-25-28(5,6)27(35-22(4)33)14-16-31(25)19-32(26,31)18-17-29(23,30)7/h21,23-27,34H,1,9-19H2,2-8H3/t21-,23-,24-,25+,26+,27+,29-,30+,31-,32+/m1/s1. The van der Waals surface area contributed by atoms with E-state index in [0.29, 0.717) is 33.5 Å². The Balaban J connectivity index is 1.37. The number of aliphatic hydroxyl groups is 1. The zero-order valence-corrected chi connectivity index (χ0v) is 23.7. The molecule has 5 rings (SSSR count). The number of rotatable bonds is 6. The Morgan fingerprint density at radius 1 is 0.914 bits per heavy atom. The summed E-state index contributed by atoms with van der Waals surface area (Å²) in [5.74, 6) is 2.86. The van der Waals surface area contributed by atoms with Gasteiger partial charge in [0.15, 0.2) is 0 Å². The zero-order valence-electron chi connectivity index (χ0n) is 23.7. The monoisotopic (exact) mass is 484 g/mol. The SMILES string of the molecule is C=C(C)[C@H](O)CC[C@@H](C)[C@H]1CC[C@@]2(C)[C@@H]3CC[C@H]4C(C)(C)[C@@H](OC(C)=O)CC[C@@]45C[C@@]35CC[C@]12C. The number of ether oxygens (including phenoxy) is 1. The second-order valence-corrected chi connectivity index (χ2v) is 15.0. The van der Waals surface area contributed by atoms with Crippen LogP contribution in [0.4, 0.5) is 0 Å². The lowest BCUT2D eigenvalue weighted by Crippen LogP contribution is -2.58. The van der Waals surface area contributed by atoms with Gasteiger partial charge in [-0.25, -0.2) is 0 Å². The fraction of sp³-hybridized carbons (Fsp3) is 0.906. The molecule has 0 amide bonds. The highest BCUT2D eigenvalue weighted by Crippen LogP contribution is 2.89. The number of aliphatic hydroxyl groups excluding tert-OH is 1. The van der Waals surface area contributed by atoms with Crippen molar-refractivity contribution in [3.8, 4) is 0 Å². The summed E-state index contributed by atoms with van der Waals surface area (Å²) in [7, 11) is 0. The van der Waals surface area contributed by atoms with Gasteiger partial charge < -0.3 is 9.84 Å². The summed E-state index contributed by atoms with van der Waals surface area (Å²) < 4.78 is 5.89. The molecular formula is C32H52O3. The van der Waals surface area contributed by atoms with Gasteiger partial charge in [0, 0.05) is 12.3 Å². The van der Waals surface area contributed by atoms with Crippen LogP contribution in [0.15, 0.2) is 12.2 Å². The molecule has 0 aromatic heterocycles. The molecule has 0 heterocycles. The summed E-state index contributed by atoms with van der Waals surface area (Å²) in [6, 6.07) is 0. The molecule has 3 heteroatoms. The zero-order chi connectivity index (χ0) is 25.6. The molecule has 10 atom stereocenters. The Hall–Kier alpha value is -0.830. The maximum Gasteiger partial charge on any atom is 0.302 e. The topological polar surface area (TPSA) is 46.5 Å². The van der Waals surface area contributed by atoms with Crippen molar-refractivity contribution < 1.29 is 14.6 Å². The van der Waals surface area contributed by atoms with E-state index >= 15 is 0 Å². The van der Waals surface area contributed by atoms with Crippen LogP contribution in [0.1, 0.15) is 119 Å². The van der Waals surface area contributed by atoms with E-state index < -0.39 is 0 Å². The first-order valence-corrected chi connectivity index (χ1v) is 14.8.